The number of piperazine rings is 1. The van der Waals surface area contributed by atoms with Gasteiger partial charge < -0.3 is 14.7 Å². The molecule has 3 rings (SSSR count). The molecule has 1 aliphatic heterocycles. The van der Waals surface area contributed by atoms with Crippen LogP contribution in [0.1, 0.15) is 0 Å². The molecule has 0 radical (unpaired) electrons. The van der Waals surface area contributed by atoms with Crippen molar-refractivity contribution in [2.24, 2.45) is 0 Å². The minimum absolute atomic E-state index is 0.777. The lowest BCUT2D eigenvalue weighted by atomic mass is 10.2. The average molecular weight is 318 g/mol. The van der Waals surface area contributed by atoms with Gasteiger partial charge in [-0.2, -0.15) is 0 Å². The molecule has 0 bridgehead atoms. The highest BCUT2D eigenvalue weighted by Crippen LogP contribution is 2.22. The fourth-order valence-electron chi connectivity index (χ4n) is 2.60. The molecule has 1 fully saturated rings. The van der Waals surface area contributed by atoms with Gasteiger partial charge in [-0.15, -0.1) is 0 Å². The van der Waals surface area contributed by atoms with E-state index in [4.69, 9.17) is 11.6 Å². The van der Waals surface area contributed by atoms with Crippen molar-refractivity contribution in [3.05, 3.63) is 41.7 Å². The van der Waals surface area contributed by atoms with Gasteiger partial charge in [0.1, 0.15) is 18.0 Å². The molecule has 0 spiro atoms. The third kappa shape index (κ3) is 3.25. The molecule has 0 unspecified atom stereocenters. The van der Waals surface area contributed by atoms with Crippen molar-refractivity contribution >= 4 is 28.9 Å². The summed E-state index contributed by atoms with van der Waals surface area (Å²) < 4.78 is 0. The number of anilines is 3. The molecule has 1 aromatic carbocycles. The molecule has 1 saturated heterocycles. The number of aromatic nitrogens is 2. The summed E-state index contributed by atoms with van der Waals surface area (Å²) in [6.45, 7) is 3.85. The molecule has 1 aromatic heterocycles. The van der Waals surface area contributed by atoms with E-state index in [1.807, 2.05) is 37.2 Å². The minimum atomic E-state index is 0.777. The maximum Gasteiger partial charge on any atom is 0.134 e. The zero-order chi connectivity index (χ0) is 15.5. The Labute approximate surface area is 136 Å². The summed E-state index contributed by atoms with van der Waals surface area (Å²) in [6, 6.07) is 10.1. The van der Waals surface area contributed by atoms with Crippen molar-refractivity contribution in [3.63, 3.8) is 0 Å². The van der Waals surface area contributed by atoms with Crippen LogP contribution in [-0.4, -0.2) is 50.2 Å². The molecule has 5 nitrogen and oxygen atoms in total. The van der Waals surface area contributed by atoms with E-state index < -0.39 is 0 Å². The summed E-state index contributed by atoms with van der Waals surface area (Å²) >= 11 is 5.95. The zero-order valence-electron chi connectivity index (χ0n) is 12.9. The highest BCUT2D eigenvalue weighted by Gasteiger charge is 2.18. The van der Waals surface area contributed by atoms with Crippen LogP contribution in [0.3, 0.4) is 0 Å². The van der Waals surface area contributed by atoms with Gasteiger partial charge >= 0.3 is 0 Å². The van der Waals surface area contributed by atoms with Crippen molar-refractivity contribution in [1.29, 1.82) is 0 Å². The highest BCUT2D eigenvalue weighted by molar-refractivity contribution is 6.30. The molecule has 0 N–H and O–H groups in total. The SMILES string of the molecule is CN(C)c1cc(N2CCN(c3ccc(Cl)cc3)CC2)ncn1. The number of nitrogens with zero attached hydrogens (tertiary/aromatic N) is 5. The maximum absolute atomic E-state index is 5.95. The van der Waals surface area contributed by atoms with Crippen LogP contribution in [0, 0.1) is 0 Å². The fourth-order valence-corrected chi connectivity index (χ4v) is 2.73. The largest absolute Gasteiger partial charge is 0.368 e. The Balaban J connectivity index is 1.66. The Morgan fingerprint density at radius 3 is 2.23 bits per heavy atom. The van der Waals surface area contributed by atoms with Crippen LogP contribution < -0.4 is 14.7 Å². The van der Waals surface area contributed by atoms with Crippen molar-refractivity contribution in [1.82, 2.24) is 9.97 Å². The summed E-state index contributed by atoms with van der Waals surface area (Å²) in [6.07, 6.45) is 1.64. The van der Waals surface area contributed by atoms with Crippen LogP contribution >= 0.6 is 11.6 Å². The standard InChI is InChI=1S/C16H20ClN5/c1-20(2)15-11-16(19-12-18-15)22-9-7-21(8-10-22)14-5-3-13(17)4-6-14/h3-6,11-12H,7-10H2,1-2H3. The number of halogens is 1. The molecule has 0 saturated carbocycles. The molecule has 0 amide bonds. The van der Waals surface area contributed by atoms with Gasteiger partial charge in [-0.05, 0) is 24.3 Å². The smallest absolute Gasteiger partial charge is 0.134 e. The number of hydrogen-bond donors (Lipinski definition) is 0. The molecular weight excluding hydrogens is 298 g/mol. The quantitative estimate of drug-likeness (QED) is 0.869. The number of rotatable bonds is 3. The lowest BCUT2D eigenvalue weighted by Gasteiger charge is -2.36. The summed E-state index contributed by atoms with van der Waals surface area (Å²) in [7, 11) is 3.98. The Hall–Kier alpha value is -2.01. The summed E-state index contributed by atoms with van der Waals surface area (Å²) in [5.41, 5.74) is 1.22. The lowest BCUT2D eigenvalue weighted by molar-refractivity contribution is 0.646. The monoisotopic (exact) mass is 317 g/mol. The van der Waals surface area contributed by atoms with E-state index in [9.17, 15) is 0 Å². The first kappa shape index (κ1) is 14.9. The normalized spacial score (nSPS) is 15.0. The van der Waals surface area contributed by atoms with E-state index >= 15 is 0 Å². The highest BCUT2D eigenvalue weighted by atomic mass is 35.5. The summed E-state index contributed by atoms with van der Waals surface area (Å²) in [4.78, 5) is 15.4. The van der Waals surface area contributed by atoms with E-state index in [0.717, 1.165) is 42.8 Å². The van der Waals surface area contributed by atoms with E-state index in [-0.39, 0.29) is 0 Å². The van der Waals surface area contributed by atoms with Crippen LogP contribution in [-0.2, 0) is 0 Å². The second-order valence-corrected chi connectivity index (χ2v) is 6.02. The number of benzene rings is 1. The maximum atomic E-state index is 5.95. The Morgan fingerprint density at radius 2 is 1.59 bits per heavy atom. The van der Waals surface area contributed by atoms with Crippen molar-refractivity contribution in [3.8, 4) is 0 Å². The molecule has 6 heteroatoms. The summed E-state index contributed by atoms with van der Waals surface area (Å²) in [5, 5.41) is 0.777. The van der Waals surface area contributed by atoms with E-state index in [0.29, 0.717) is 0 Å². The van der Waals surface area contributed by atoms with Gasteiger partial charge in [-0.1, -0.05) is 11.6 Å². The Morgan fingerprint density at radius 1 is 0.955 bits per heavy atom. The van der Waals surface area contributed by atoms with Gasteiger partial charge in [0.2, 0.25) is 0 Å². The van der Waals surface area contributed by atoms with Crippen LogP contribution in [0.15, 0.2) is 36.7 Å². The van der Waals surface area contributed by atoms with Gasteiger partial charge in [-0.3, -0.25) is 0 Å². The van der Waals surface area contributed by atoms with Crippen molar-refractivity contribution < 1.29 is 0 Å². The third-order valence-electron chi connectivity index (χ3n) is 3.89. The second kappa shape index (κ2) is 6.40. The zero-order valence-corrected chi connectivity index (χ0v) is 13.7. The first-order valence-electron chi connectivity index (χ1n) is 7.38. The molecule has 116 valence electrons. The Bertz CT molecular complexity index is 621. The van der Waals surface area contributed by atoms with Crippen molar-refractivity contribution in [2.75, 3.05) is 55.0 Å². The Kier molecular flexibility index (Phi) is 4.34. The van der Waals surface area contributed by atoms with Crippen LogP contribution in [0.4, 0.5) is 17.3 Å². The lowest BCUT2D eigenvalue weighted by Crippen LogP contribution is -2.46. The predicted molar refractivity (Wildman–Crippen MR) is 92.2 cm³/mol. The average Bonchev–Trinajstić information content (AvgIpc) is 2.56. The van der Waals surface area contributed by atoms with Crippen LogP contribution in [0.5, 0.6) is 0 Å². The fraction of sp³-hybridized carbons (Fsp3) is 0.375. The molecular formula is C16H20ClN5. The first-order valence-corrected chi connectivity index (χ1v) is 7.76. The van der Waals surface area contributed by atoms with Gasteiger partial charge in [0.05, 0.1) is 0 Å². The van der Waals surface area contributed by atoms with Crippen LogP contribution in [0.25, 0.3) is 0 Å². The number of hydrogen-bond acceptors (Lipinski definition) is 5. The molecule has 0 atom stereocenters. The topological polar surface area (TPSA) is 35.5 Å². The van der Waals surface area contributed by atoms with E-state index in [1.54, 1.807) is 6.33 Å². The summed E-state index contributed by atoms with van der Waals surface area (Å²) in [5.74, 6) is 1.93. The van der Waals surface area contributed by atoms with Gasteiger partial charge in [0.25, 0.3) is 0 Å². The molecule has 1 aliphatic rings. The third-order valence-corrected chi connectivity index (χ3v) is 4.14. The van der Waals surface area contributed by atoms with E-state index in [2.05, 4.69) is 31.9 Å². The van der Waals surface area contributed by atoms with Gasteiger partial charge in [0, 0.05) is 57.1 Å². The first-order chi connectivity index (χ1) is 10.6. The minimum Gasteiger partial charge on any atom is -0.368 e. The second-order valence-electron chi connectivity index (χ2n) is 5.58. The van der Waals surface area contributed by atoms with Gasteiger partial charge in [-0.25, -0.2) is 9.97 Å². The molecule has 0 aliphatic carbocycles. The van der Waals surface area contributed by atoms with Gasteiger partial charge in [0.15, 0.2) is 0 Å². The predicted octanol–water partition coefficient (Wildman–Crippen LogP) is 2.52. The molecule has 22 heavy (non-hydrogen) atoms. The van der Waals surface area contributed by atoms with Crippen LogP contribution in [0.2, 0.25) is 5.02 Å². The molecule has 2 heterocycles. The van der Waals surface area contributed by atoms with Crippen molar-refractivity contribution in [2.45, 2.75) is 0 Å². The van der Waals surface area contributed by atoms with E-state index in [1.165, 1.54) is 5.69 Å². The molecule has 2 aromatic rings.